The smallest absolute Gasteiger partial charge is 0.142 e. The molecule has 1 saturated heterocycles. The molecule has 1 fully saturated rings. The molecule has 0 amide bonds. The van der Waals surface area contributed by atoms with Crippen molar-refractivity contribution in [2.75, 3.05) is 45.8 Å². The first-order valence-corrected chi connectivity index (χ1v) is 6.30. The van der Waals surface area contributed by atoms with Gasteiger partial charge in [-0.25, -0.2) is 0 Å². The van der Waals surface area contributed by atoms with Crippen LogP contribution < -0.4 is 19.7 Å². The maximum absolute atomic E-state index is 5.47. The molecular weight excluding hydrogens is 228 g/mol. The first-order valence-electron chi connectivity index (χ1n) is 6.30. The van der Waals surface area contributed by atoms with Crippen LogP contribution in [0.4, 0.5) is 5.69 Å². The van der Waals surface area contributed by atoms with E-state index in [2.05, 4.69) is 23.3 Å². The highest BCUT2D eigenvalue weighted by Crippen LogP contribution is 2.34. The molecular formula is C14H22N2O2. The Bertz CT molecular complexity index is 417. The summed E-state index contributed by atoms with van der Waals surface area (Å²) >= 11 is 0. The van der Waals surface area contributed by atoms with E-state index in [-0.39, 0.29) is 0 Å². The first-order chi connectivity index (χ1) is 8.65. The van der Waals surface area contributed by atoms with E-state index < -0.39 is 0 Å². The van der Waals surface area contributed by atoms with Crippen LogP contribution in [0.2, 0.25) is 0 Å². The van der Waals surface area contributed by atoms with E-state index in [1.165, 1.54) is 0 Å². The first kappa shape index (κ1) is 13.0. The molecule has 0 saturated carbocycles. The molecule has 1 aromatic rings. The largest absolute Gasteiger partial charge is 0.496 e. The van der Waals surface area contributed by atoms with Crippen LogP contribution in [0.15, 0.2) is 12.1 Å². The van der Waals surface area contributed by atoms with Gasteiger partial charge in [0, 0.05) is 38.7 Å². The number of rotatable bonds is 5. The number of nitrogens with zero attached hydrogens (tertiary/aromatic N) is 1. The standard InChI is InChI=1S/C14H22N2O2/c1-10-5-14(18-4)12(6-13(10)17-3)16(2)9-11-7-15-8-11/h5-6,11,15H,7-9H2,1-4H3. The topological polar surface area (TPSA) is 33.7 Å². The second kappa shape index (κ2) is 5.48. The van der Waals surface area contributed by atoms with Crippen molar-refractivity contribution in [2.24, 2.45) is 5.92 Å². The van der Waals surface area contributed by atoms with Crippen molar-refractivity contribution >= 4 is 5.69 Å². The lowest BCUT2D eigenvalue weighted by Gasteiger charge is -2.33. The summed E-state index contributed by atoms with van der Waals surface area (Å²) in [4.78, 5) is 2.24. The molecule has 4 nitrogen and oxygen atoms in total. The van der Waals surface area contributed by atoms with Gasteiger partial charge in [-0.1, -0.05) is 0 Å². The van der Waals surface area contributed by atoms with Crippen molar-refractivity contribution in [3.05, 3.63) is 17.7 Å². The fraction of sp³-hybridized carbons (Fsp3) is 0.571. The van der Waals surface area contributed by atoms with Crippen molar-refractivity contribution in [2.45, 2.75) is 6.92 Å². The van der Waals surface area contributed by atoms with E-state index in [0.717, 1.165) is 48.3 Å². The minimum Gasteiger partial charge on any atom is -0.496 e. The Morgan fingerprint density at radius 2 is 1.89 bits per heavy atom. The molecule has 0 bridgehead atoms. The third-order valence-electron chi connectivity index (χ3n) is 3.51. The minimum absolute atomic E-state index is 0.729. The predicted octanol–water partition coefficient (Wildman–Crippen LogP) is 1.67. The zero-order chi connectivity index (χ0) is 13.1. The lowest BCUT2D eigenvalue weighted by Crippen LogP contribution is -2.47. The summed E-state index contributed by atoms with van der Waals surface area (Å²) in [7, 11) is 5.52. The molecule has 1 heterocycles. The Morgan fingerprint density at radius 1 is 1.22 bits per heavy atom. The van der Waals surface area contributed by atoms with Gasteiger partial charge < -0.3 is 19.7 Å². The number of anilines is 1. The van der Waals surface area contributed by atoms with Crippen molar-refractivity contribution in [3.8, 4) is 11.5 Å². The minimum atomic E-state index is 0.729. The number of benzene rings is 1. The van der Waals surface area contributed by atoms with Crippen molar-refractivity contribution in [1.29, 1.82) is 0 Å². The van der Waals surface area contributed by atoms with Gasteiger partial charge in [-0.15, -0.1) is 0 Å². The highest BCUT2D eigenvalue weighted by molar-refractivity contribution is 5.63. The van der Waals surface area contributed by atoms with Crippen molar-refractivity contribution in [1.82, 2.24) is 5.32 Å². The SMILES string of the molecule is COc1cc(N(C)CC2CNC2)c(OC)cc1C. The summed E-state index contributed by atoms with van der Waals surface area (Å²) in [5, 5.41) is 3.30. The summed E-state index contributed by atoms with van der Waals surface area (Å²) in [5.41, 5.74) is 2.18. The second-order valence-electron chi connectivity index (χ2n) is 4.90. The van der Waals surface area contributed by atoms with Gasteiger partial charge in [-0.05, 0) is 18.6 Å². The fourth-order valence-electron chi connectivity index (χ4n) is 2.30. The lowest BCUT2D eigenvalue weighted by atomic mass is 10.0. The van der Waals surface area contributed by atoms with Gasteiger partial charge >= 0.3 is 0 Å². The third-order valence-corrected chi connectivity index (χ3v) is 3.51. The average molecular weight is 250 g/mol. The number of hydrogen-bond acceptors (Lipinski definition) is 4. The van der Waals surface area contributed by atoms with Crippen molar-refractivity contribution < 1.29 is 9.47 Å². The Hall–Kier alpha value is -1.42. The van der Waals surface area contributed by atoms with Gasteiger partial charge in [0.2, 0.25) is 0 Å². The van der Waals surface area contributed by atoms with Crippen LogP contribution in [0.25, 0.3) is 0 Å². The third kappa shape index (κ3) is 2.53. The molecule has 1 aliphatic heterocycles. The van der Waals surface area contributed by atoms with E-state index >= 15 is 0 Å². The van der Waals surface area contributed by atoms with E-state index in [1.54, 1.807) is 14.2 Å². The summed E-state index contributed by atoms with van der Waals surface area (Å²) in [5.74, 6) is 2.54. The van der Waals surface area contributed by atoms with Crippen molar-refractivity contribution in [3.63, 3.8) is 0 Å². The Kier molecular flexibility index (Phi) is 3.97. The van der Waals surface area contributed by atoms with Gasteiger partial charge in [-0.2, -0.15) is 0 Å². The summed E-state index contributed by atoms with van der Waals surface area (Å²) < 4.78 is 10.9. The van der Waals surface area contributed by atoms with E-state index in [9.17, 15) is 0 Å². The van der Waals surface area contributed by atoms with Gasteiger partial charge in [0.1, 0.15) is 11.5 Å². The molecule has 0 aromatic heterocycles. The maximum Gasteiger partial charge on any atom is 0.142 e. The number of methoxy groups -OCH3 is 2. The highest BCUT2D eigenvalue weighted by Gasteiger charge is 2.20. The lowest BCUT2D eigenvalue weighted by molar-refractivity contribution is 0.350. The molecule has 1 aliphatic rings. The quantitative estimate of drug-likeness (QED) is 0.862. The summed E-state index contributed by atoms with van der Waals surface area (Å²) in [6.45, 7) is 5.28. The van der Waals surface area contributed by atoms with Gasteiger partial charge in [-0.3, -0.25) is 0 Å². The molecule has 1 aromatic carbocycles. The Balaban J connectivity index is 2.22. The molecule has 2 rings (SSSR count). The zero-order valence-electron chi connectivity index (χ0n) is 11.6. The van der Waals surface area contributed by atoms with Crippen LogP contribution in [0, 0.1) is 12.8 Å². The fourth-order valence-corrected chi connectivity index (χ4v) is 2.30. The zero-order valence-corrected chi connectivity index (χ0v) is 11.6. The van der Waals surface area contributed by atoms with E-state index in [1.807, 2.05) is 13.0 Å². The van der Waals surface area contributed by atoms with Gasteiger partial charge in [0.25, 0.3) is 0 Å². The molecule has 0 aliphatic carbocycles. The summed E-state index contributed by atoms with van der Waals surface area (Å²) in [6.07, 6.45) is 0. The van der Waals surface area contributed by atoms with Crippen LogP contribution in [0.5, 0.6) is 11.5 Å². The Labute approximate surface area is 109 Å². The molecule has 0 radical (unpaired) electrons. The molecule has 0 spiro atoms. The van der Waals surface area contributed by atoms with Crippen LogP contribution in [0.3, 0.4) is 0 Å². The van der Waals surface area contributed by atoms with Crippen LogP contribution >= 0.6 is 0 Å². The van der Waals surface area contributed by atoms with E-state index in [4.69, 9.17) is 9.47 Å². The monoisotopic (exact) mass is 250 g/mol. The van der Waals surface area contributed by atoms with Gasteiger partial charge in [0.15, 0.2) is 0 Å². The molecule has 4 heteroatoms. The predicted molar refractivity (Wildman–Crippen MR) is 73.9 cm³/mol. The van der Waals surface area contributed by atoms with Crippen LogP contribution in [0.1, 0.15) is 5.56 Å². The number of hydrogen-bond donors (Lipinski definition) is 1. The highest BCUT2D eigenvalue weighted by atomic mass is 16.5. The number of nitrogens with one attached hydrogen (secondary N) is 1. The maximum atomic E-state index is 5.47. The second-order valence-corrected chi connectivity index (χ2v) is 4.90. The molecule has 1 N–H and O–H groups in total. The summed E-state index contributed by atoms with van der Waals surface area (Å²) in [6, 6.07) is 4.09. The van der Waals surface area contributed by atoms with Crippen LogP contribution in [-0.2, 0) is 0 Å². The molecule has 18 heavy (non-hydrogen) atoms. The average Bonchev–Trinajstić information content (AvgIpc) is 2.33. The molecule has 0 unspecified atom stereocenters. The number of aryl methyl sites for hydroxylation is 1. The normalized spacial score (nSPS) is 15.1. The van der Waals surface area contributed by atoms with E-state index in [0.29, 0.717) is 0 Å². The molecule has 0 atom stereocenters. The molecule has 100 valence electrons. The number of ether oxygens (including phenoxy) is 2. The van der Waals surface area contributed by atoms with Gasteiger partial charge in [0.05, 0.1) is 19.9 Å². The van der Waals surface area contributed by atoms with Crippen LogP contribution in [-0.4, -0.2) is 40.9 Å². The Morgan fingerprint density at radius 3 is 2.39 bits per heavy atom.